The molecule has 5 heteroatoms. The van der Waals surface area contributed by atoms with Crippen LogP contribution < -0.4 is 0 Å². The van der Waals surface area contributed by atoms with Crippen molar-refractivity contribution in [3.63, 3.8) is 0 Å². The minimum absolute atomic E-state index is 0.0162. The van der Waals surface area contributed by atoms with Crippen LogP contribution in [0.25, 0.3) is 0 Å². The number of carbonyl (C=O) groups is 1. The van der Waals surface area contributed by atoms with E-state index in [1.54, 1.807) is 12.1 Å². The van der Waals surface area contributed by atoms with Crippen LogP contribution >= 0.6 is 0 Å². The Morgan fingerprint density at radius 2 is 2.00 bits per heavy atom. The summed E-state index contributed by atoms with van der Waals surface area (Å²) in [4.78, 5) is 14.7. The van der Waals surface area contributed by atoms with Crippen LogP contribution in [0.2, 0.25) is 0 Å². The summed E-state index contributed by atoms with van der Waals surface area (Å²) in [7, 11) is 4.11. The van der Waals surface area contributed by atoms with Crippen molar-refractivity contribution in [2.24, 2.45) is 5.10 Å². The summed E-state index contributed by atoms with van der Waals surface area (Å²) in [6.45, 7) is 1.57. The van der Waals surface area contributed by atoms with Gasteiger partial charge in [-0.25, -0.2) is 9.40 Å². The minimum atomic E-state index is -0.271. The Morgan fingerprint density at radius 3 is 2.74 bits per heavy atom. The molecule has 0 aromatic heterocycles. The lowest BCUT2D eigenvalue weighted by Gasteiger charge is -2.12. The van der Waals surface area contributed by atoms with E-state index in [1.807, 2.05) is 12.1 Å². The lowest BCUT2D eigenvalue weighted by molar-refractivity contribution is -0.130. The number of hydrogen-bond donors (Lipinski definition) is 0. The van der Waals surface area contributed by atoms with Crippen LogP contribution in [0.15, 0.2) is 53.6 Å². The van der Waals surface area contributed by atoms with E-state index in [9.17, 15) is 9.18 Å². The zero-order valence-corrected chi connectivity index (χ0v) is 15.9. The number of nitrogens with zero attached hydrogens (tertiary/aromatic N) is 3. The Bertz CT molecular complexity index is 815. The van der Waals surface area contributed by atoms with Crippen molar-refractivity contribution in [2.75, 3.05) is 27.2 Å². The van der Waals surface area contributed by atoms with E-state index >= 15 is 0 Å². The third-order valence-electron chi connectivity index (χ3n) is 4.53. The van der Waals surface area contributed by atoms with Crippen molar-refractivity contribution >= 4 is 11.6 Å². The molecule has 1 radical (unpaired) electrons. The summed E-state index contributed by atoms with van der Waals surface area (Å²) in [5.41, 5.74) is 3.82. The van der Waals surface area contributed by atoms with E-state index in [4.69, 9.17) is 0 Å². The van der Waals surface area contributed by atoms with E-state index in [-0.39, 0.29) is 11.7 Å². The van der Waals surface area contributed by atoms with E-state index < -0.39 is 0 Å². The summed E-state index contributed by atoms with van der Waals surface area (Å²) in [5, 5.41) is 5.97. The first-order valence-electron chi connectivity index (χ1n) is 9.22. The predicted octanol–water partition coefficient (Wildman–Crippen LogP) is 3.51. The van der Waals surface area contributed by atoms with Gasteiger partial charge in [0.1, 0.15) is 5.82 Å². The number of hydrogen-bond acceptors (Lipinski definition) is 3. The Morgan fingerprint density at radius 1 is 1.22 bits per heavy atom. The van der Waals surface area contributed by atoms with E-state index in [0.717, 1.165) is 35.4 Å². The fourth-order valence-electron chi connectivity index (χ4n) is 3.07. The Balaban J connectivity index is 1.60. The van der Waals surface area contributed by atoms with Crippen LogP contribution in [0.1, 0.15) is 29.5 Å². The van der Waals surface area contributed by atoms with Crippen molar-refractivity contribution in [1.29, 1.82) is 0 Å². The van der Waals surface area contributed by atoms with Crippen molar-refractivity contribution in [2.45, 2.75) is 19.3 Å². The fraction of sp³-hybridized carbons (Fsp3) is 0.318. The molecular formula is C22H25FN3O. The van der Waals surface area contributed by atoms with Crippen LogP contribution in [0.3, 0.4) is 0 Å². The van der Waals surface area contributed by atoms with Crippen molar-refractivity contribution in [3.8, 4) is 0 Å². The number of rotatable bonds is 7. The third kappa shape index (κ3) is 5.47. The van der Waals surface area contributed by atoms with Crippen molar-refractivity contribution < 1.29 is 9.18 Å². The first-order valence-corrected chi connectivity index (χ1v) is 9.22. The lowest BCUT2D eigenvalue weighted by atomic mass is 10.0. The predicted molar refractivity (Wildman–Crippen MR) is 106 cm³/mol. The highest BCUT2D eigenvalue weighted by Gasteiger charge is 2.21. The van der Waals surface area contributed by atoms with Gasteiger partial charge in [0, 0.05) is 6.42 Å². The molecule has 1 heterocycles. The zero-order valence-electron chi connectivity index (χ0n) is 15.9. The zero-order chi connectivity index (χ0) is 19.2. The average Bonchev–Trinajstić information content (AvgIpc) is 3.13. The first kappa shape index (κ1) is 19.2. The van der Waals surface area contributed by atoms with Gasteiger partial charge in [0.15, 0.2) is 0 Å². The normalized spacial score (nSPS) is 13.9. The minimum Gasteiger partial charge on any atom is -0.309 e. The lowest BCUT2D eigenvalue weighted by Crippen LogP contribution is -2.25. The summed E-state index contributed by atoms with van der Waals surface area (Å²) in [5.74, 6) is -0.287. The second-order valence-corrected chi connectivity index (χ2v) is 7.04. The molecule has 0 bridgehead atoms. The molecule has 0 atom stereocenters. The average molecular weight is 366 g/mol. The highest BCUT2D eigenvalue weighted by atomic mass is 19.1. The molecule has 4 nitrogen and oxygen atoms in total. The summed E-state index contributed by atoms with van der Waals surface area (Å²) >= 11 is 0. The Labute approximate surface area is 160 Å². The fourth-order valence-corrected chi connectivity index (χ4v) is 3.07. The molecular weight excluding hydrogens is 341 g/mol. The molecule has 141 valence electrons. The van der Waals surface area contributed by atoms with Crippen molar-refractivity contribution in [3.05, 3.63) is 77.5 Å². The Hall–Kier alpha value is -2.53. The van der Waals surface area contributed by atoms with Gasteiger partial charge in [-0.15, -0.1) is 0 Å². The maximum atomic E-state index is 13.1. The molecule has 0 fully saturated rings. The maximum Gasteiger partial charge on any atom is 0.247 e. The number of carbonyl (C=O) groups excluding carboxylic acids is 1. The largest absolute Gasteiger partial charge is 0.309 e. The van der Waals surface area contributed by atoms with Gasteiger partial charge in [0.2, 0.25) is 5.91 Å². The number of amides is 1. The van der Waals surface area contributed by atoms with E-state index in [2.05, 4.69) is 42.7 Å². The molecule has 0 N–H and O–H groups in total. The van der Waals surface area contributed by atoms with Gasteiger partial charge >= 0.3 is 0 Å². The third-order valence-corrected chi connectivity index (χ3v) is 4.53. The SMILES string of the molecule is CN(C)CC[CH]c1cccc(CC(=O)N2CCC(c3ccc(F)cc3)=N2)c1. The number of benzene rings is 2. The van der Waals surface area contributed by atoms with E-state index in [1.165, 1.54) is 17.1 Å². The summed E-state index contributed by atoms with van der Waals surface area (Å²) < 4.78 is 13.1. The highest BCUT2D eigenvalue weighted by molar-refractivity contribution is 6.02. The summed E-state index contributed by atoms with van der Waals surface area (Å²) in [6.07, 6.45) is 4.18. The monoisotopic (exact) mass is 366 g/mol. The molecule has 0 saturated heterocycles. The topological polar surface area (TPSA) is 35.9 Å². The Kier molecular flexibility index (Phi) is 6.35. The van der Waals surface area contributed by atoms with Crippen LogP contribution in [0.5, 0.6) is 0 Å². The molecule has 27 heavy (non-hydrogen) atoms. The number of hydrazone groups is 1. The van der Waals surface area contributed by atoms with Gasteiger partial charge in [0.25, 0.3) is 0 Å². The molecule has 1 aliphatic rings. The molecule has 3 rings (SSSR count). The molecule has 1 amide bonds. The molecule has 0 aliphatic carbocycles. The second kappa shape index (κ2) is 8.91. The van der Waals surface area contributed by atoms with Gasteiger partial charge in [-0.3, -0.25) is 4.79 Å². The molecule has 0 spiro atoms. The van der Waals surface area contributed by atoms with Gasteiger partial charge in [0.05, 0.1) is 18.7 Å². The quantitative estimate of drug-likeness (QED) is 0.752. The van der Waals surface area contributed by atoms with Gasteiger partial charge in [-0.1, -0.05) is 36.4 Å². The maximum absolute atomic E-state index is 13.1. The summed E-state index contributed by atoms with van der Waals surface area (Å²) in [6, 6.07) is 14.3. The van der Waals surface area contributed by atoms with Crippen LogP contribution in [-0.2, 0) is 11.2 Å². The standard InChI is InChI=1S/C22H25FN3O/c1-25(2)13-4-7-17-5-3-6-18(15-17)16-22(27)26-14-12-21(24-26)19-8-10-20(23)11-9-19/h3,5-11,15H,4,12-14,16H2,1-2H3. The van der Waals surface area contributed by atoms with Crippen molar-refractivity contribution in [1.82, 2.24) is 9.91 Å². The highest BCUT2D eigenvalue weighted by Crippen LogP contribution is 2.17. The molecule has 0 unspecified atom stereocenters. The number of halogens is 1. The van der Waals surface area contributed by atoms with Crippen LogP contribution in [-0.4, -0.2) is 48.7 Å². The van der Waals surface area contributed by atoms with Crippen LogP contribution in [0, 0.1) is 12.2 Å². The second-order valence-electron chi connectivity index (χ2n) is 7.04. The molecule has 2 aromatic carbocycles. The molecule has 1 aliphatic heterocycles. The van der Waals surface area contributed by atoms with E-state index in [0.29, 0.717) is 19.4 Å². The van der Waals surface area contributed by atoms with Gasteiger partial charge < -0.3 is 4.90 Å². The molecule has 2 aromatic rings. The first-order chi connectivity index (χ1) is 13.0. The van der Waals surface area contributed by atoms with Crippen LogP contribution in [0.4, 0.5) is 4.39 Å². The smallest absolute Gasteiger partial charge is 0.247 e. The van der Waals surface area contributed by atoms with Gasteiger partial charge in [-0.05, 0) is 62.3 Å². The molecule has 0 saturated carbocycles. The van der Waals surface area contributed by atoms with Gasteiger partial charge in [-0.2, -0.15) is 5.10 Å².